The standard InChI is InChI=1S/C15H15N3O8/c19-11-5-6-17(15(22)16-11)14-13(21)12(20)10(26-14)7-25-9-3-1-8(2-4-9)18(23)24/h1-6,10,12-14,20-21H,7H2,(H,16,19,22)/t10-,12-,13-,14-/m1/s1. The number of aromatic nitrogens is 2. The van der Waals surface area contributed by atoms with Crippen molar-refractivity contribution >= 4 is 5.69 Å². The molecular formula is C15H15N3O8. The molecule has 2 heterocycles. The highest BCUT2D eigenvalue weighted by Gasteiger charge is 2.44. The van der Waals surface area contributed by atoms with Crippen molar-refractivity contribution in [1.82, 2.24) is 9.55 Å². The molecule has 1 aliphatic rings. The zero-order chi connectivity index (χ0) is 18.8. The van der Waals surface area contributed by atoms with Crippen LogP contribution in [0.15, 0.2) is 46.1 Å². The molecule has 1 fully saturated rings. The van der Waals surface area contributed by atoms with Gasteiger partial charge in [0.2, 0.25) is 0 Å². The Morgan fingerprint density at radius 2 is 1.88 bits per heavy atom. The average molecular weight is 365 g/mol. The fourth-order valence-electron chi connectivity index (χ4n) is 2.57. The van der Waals surface area contributed by atoms with Crippen LogP contribution in [0.5, 0.6) is 5.75 Å². The van der Waals surface area contributed by atoms with Crippen molar-refractivity contribution in [2.75, 3.05) is 6.61 Å². The van der Waals surface area contributed by atoms with Crippen molar-refractivity contribution in [1.29, 1.82) is 0 Å². The third kappa shape index (κ3) is 3.49. The number of hydrogen-bond donors (Lipinski definition) is 3. The van der Waals surface area contributed by atoms with Crippen LogP contribution in [0.4, 0.5) is 5.69 Å². The van der Waals surface area contributed by atoms with Gasteiger partial charge in [0.15, 0.2) is 6.23 Å². The van der Waals surface area contributed by atoms with E-state index in [4.69, 9.17) is 9.47 Å². The molecule has 0 unspecified atom stereocenters. The van der Waals surface area contributed by atoms with Gasteiger partial charge in [-0.3, -0.25) is 24.5 Å². The van der Waals surface area contributed by atoms with Gasteiger partial charge in [0.1, 0.15) is 30.7 Å². The van der Waals surface area contributed by atoms with Gasteiger partial charge in [-0.15, -0.1) is 0 Å². The lowest BCUT2D eigenvalue weighted by atomic mass is 10.1. The van der Waals surface area contributed by atoms with Crippen molar-refractivity contribution in [2.24, 2.45) is 0 Å². The average Bonchev–Trinajstić information content (AvgIpc) is 2.88. The van der Waals surface area contributed by atoms with Crippen molar-refractivity contribution in [3.8, 4) is 5.75 Å². The second-order valence-corrected chi connectivity index (χ2v) is 5.63. The number of H-pyrrole nitrogens is 1. The molecule has 2 aromatic rings. The highest BCUT2D eigenvalue weighted by atomic mass is 16.6. The molecule has 1 aromatic carbocycles. The van der Waals surface area contributed by atoms with Gasteiger partial charge in [-0.1, -0.05) is 0 Å². The first-order chi connectivity index (χ1) is 12.4. The van der Waals surface area contributed by atoms with Crippen molar-refractivity contribution in [3.05, 3.63) is 67.5 Å². The fourth-order valence-corrected chi connectivity index (χ4v) is 2.57. The van der Waals surface area contributed by atoms with Crippen LogP contribution in [0.25, 0.3) is 0 Å². The van der Waals surface area contributed by atoms with Gasteiger partial charge >= 0.3 is 5.69 Å². The Morgan fingerprint density at radius 1 is 1.19 bits per heavy atom. The van der Waals surface area contributed by atoms with E-state index in [1.807, 2.05) is 4.98 Å². The summed E-state index contributed by atoms with van der Waals surface area (Å²) in [7, 11) is 0. The molecule has 0 radical (unpaired) electrons. The minimum absolute atomic E-state index is 0.0950. The van der Waals surface area contributed by atoms with Gasteiger partial charge in [-0.05, 0) is 12.1 Å². The molecule has 0 amide bonds. The highest BCUT2D eigenvalue weighted by Crippen LogP contribution is 2.29. The lowest BCUT2D eigenvalue weighted by Gasteiger charge is -2.16. The van der Waals surface area contributed by atoms with Crippen LogP contribution in [0, 0.1) is 10.1 Å². The van der Waals surface area contributed by atoms with Gasteiger partial charge in [0.25, 0.3) is 11.2 Å². The molecule has 1 aromatic heterocycles. The number of aliphatic hydroxyl groups is 2. The first-order valence-corrected chi connectivity index (χ1v) is 7.57. The van der Waals surface area contributed by atoms with Crippen LogP contribution in [0.2, 0.25) is 0 Å². The van der Waals surface area contributed by atoms with E-state index >= 15 is 0 Å². The number of nitrogens with zero attached hydrogens (tertiary/aromatic N) is 2. The van der Waals surface area contributed by atoms with Crippen LogP contribution in [-0.2, 0) is 4.74 Å². The van der Waals surface area contributed by atoms with E-state index < -0.39 is 40.7 Å². The first-order valence-electron chi connectivity index (χ1n) is 7.57. The number of nitrogens with one attached hydrogen (secondary N) is 1. The summed E-state index contributed by atoms with van der Waals surface area (Å²) in [6, 6.07) is 6.39. The molecule has 138 valence electrons. The highest BCUT2D eigenvalue weighted by molar-refractivity contribution is 5.35. The zero-order valence-corrected chi connectivity index (χ0v) is 13.2. The molecule has 0 bridgehead atoms. The summed E-state index contributed by atoms with van der Waals surface area (Å²) in [6.07, 6.45) is -3.74. The van der Waals surface area contributed by atoms with E-state index in [1.165, 1.54) is 24.3 Å². The van der Waals surface area contributed by atoms with E-state index in [0.29, 0.717) is 5.75 Å². The topological polar surface area (TPSA) is 157 Å². The number of aliphatic hydroxyl groups excluding tert-OH is 2. The Morgan fingerprint density at radius 3 is 2.50 bits per heavy atom. The lowest BCUT2D eigenvalue weighted by molar-refractivity contribution is -0.384. The van der Waals surface area contributed by atoms with Crippen LogP contribution >= 0.6 is 0 Å². The number of nitro benzene ring substituents is 1. The number of hydrogen-bond acceptors (Lipinski definition) is 8. The Hall–Kier alpha value is -3.02. The molecule has 0 aliphatic carbocycles. The summed E-state index contributed by atoms with van der Waals surface area (Å²) in [5.74, 6) is 0.311. The van der Waals surface area contributed by atoms with Gasteiger partial charge in [-0.2, -0.15) is 0 Å². The minimum atomic E-state index is -1.41. The second kappa shape index (κ2) is 7.07. The van der Waals surface area contributed by atoms with Crippen LogP contribution in [0.1, 0.15) is 6.23 Å². The van der Waals surface area contributed by atoms with E-state index in [0.717, 1.165) is 16.8 Å². The van der Waals surface area contributed by atoms with Crippen molar-refractivity contribution in [2.45, 2.75) is 24.5 Å². The van der Waals surface area contributed by atoms with Gasteiger partial charge in [0, 0.05) is 24.4 Å². The van der Waals surface area contributed by atoms with Crippen LogP contribution in [0.3, 0.4) is 0 Å². The molecule has 3 N–H and O–H groups in total. The van der Waals surface area contributed by atoms with Crippen LogP contribution in [-0.4, -0.2) is 49.6 Å². The van der Waals surface area contributed by atoms with E-state index in [-0.39, 0.29) is 12.3 Å². The Labute approximate surface area is 145 Å². The van der Waals surface area contributed by atoms with E-state index in [9.17, 15) is 29.9 Å². The predicted octanol–water partition coefficient (Wildman–Crippen LogP) is -0.857. The van der Waals surface area contributed by atoms with Crippen molar-refractivity contribution < 1.29 is 24.6 Å². The Kier molecular flexibility index (Phi) is 4.84. The maximum atomic E-state index is 11.8. The fraction of sp³-hybridized carbons (Fsp3) is 0.333. The predicted molar refractivity (Wildman–Crippen MR) is 85.8 cm³/mol. The van der Waals surface area contributed by atoms with Gasteiger partial charge in [-0.25, -0.2) is 4.79 Å². The summed E-state index contributed by atoms with van der Waals surface area (Å²) in [4.78, 5) is 35.0. The number of benzene rings is 1. The monoisotopic (exact) mass is 365 g/mol. The van der Waals surface area contributed by atoms with E-state index in [1.54, 1.807) is 0 Å². The van der Waals surface area contributed by atoms with Crippen molar-refractivity contribution in [3.63, 3.8) is 0 Å². The summed E-state index contributed by atoms with van der Waals surface area (Å²) < 4.78 is 11.9. The SMILES string of the molecule is O=c1ccn([C@@H]2O[C@H](COc3ccc([N+](=O)[O-])cc3)[C@@H](O)[C@H]2O)c(=O)[nH]1. The van der Waals surface area contributed by atoms with Crippen LogP contribution < -0.4 is 16.0 Å². The molecule has 1 saturated heterocycles. The molecule has 0 saturated carbocycles. The van der Waals surface area contributed by atoms with E-state index in [2.05, 4.69) is 0 Å². The maximum absolute atomic E-state index is 11.8. The molecule has 11 heteroatoms. The lowest BCUT2D eigenvalue weighted by Crippen LogP contribution is -2.37. The normalized spacial score (nSPS) is 25.2. The summed E-state index contributed by atoms with van der Waals surface area (Å²) in [6.45, 7) is -0.162. The molecule has 1 aliphatic heterocycles. The Bertz CT molecular complexity index is 906. The number of ether oxygens (including phenoxy) is 2. The number of nitro groups is 1. The molecule has 26 heavy (non-hydrogen) atoms. The molecule has 11 nitrogen and oxygen atoms in total. The number of rotatable bonds is 5. The van der Waals surface area contributed by atoms with Gasteiger partial charge in [0.05, 0.1) is 4.92 Å². The first kappa shape index (κ1) is 17.8. The largest absolute Gasteiger partial charge is 0.491 e. The molecule has 4 atom stereocenters. The molecule has 0 spiro atoms. The maximum Gasteiger partial charge on any atom is 0.330 e. The Balaban J connectivity index is 1.68. The summed E-state index contributed by atoms with van der Waals surface area (Å²) in [5, 5.41) is 30.8. The van der Waals surface area contributed by atoms with Gasteiger partial charge < -0.3 is 19.7 Å². The number of non-ortho nitro benzene ring substituents is 1. The quantitative estimate of drug-likeness (QED) is 0.456. The summed E-state index contributed by atoms with van der Waals surface area (Å²) >= 11 is 0. The zero-order valence-electron chi connectivity index (χ0n) is 13.2. The molecule has 3 rings (SSSR count). The number of aromatic amines is 1. The molecular weight excluding hydrogens is 350 g/mol. The summed E-state index contributed by atoms with van der Waals surface area (Å²) in [5.41, 5.74) is -1.48. The second-order valence-electron chi connectivity index (χ2n) is 5.63. The third-order valence-corrected chi connectivity index (χ3v) is 3.92. The third-order valence-electron chi connectivity index (χ3n) is 3.92. The minimum Gasteiger partial charge on any atom is -0.491 e. The smallest absolute Gasteiger partial charge is 0.330 e.